The van der Waals surface area contributed by atoms with E-state index in [-0.39, 0.29) is 12.5 Å². The molecule has 3 nitrogen and oxygen atoms in total. The minimum absolute atomic E-state index is 0.0708. The zero-order valence-corrected chi connectivity index (χ0v) is 8.45. The second-order valence-corrected chi connectivity index (χ2v) is 3.60. The summed E-state index contributed by atoms with van der Waals surface area (Å²) in [6.07, 6.45) is 0. The van der Waals surface area contributed by atoms with Crippen LogP contribution in [0.1, 0.15) is 41.3 Å². The summed E-state index contributed by atoms with van der Waals surface area (Å²) in [4.78, 5) is 11.1. The lowest BCUT2D eigenvalue weighted by Gasteiger charge is -2.11. The number of nitrogens with two attached hydrogens (primary N) is 1. The Morgan fingerprint density at radius 2 is 2.14 bits per heavy atom. The van der Waals surface area contributed by atoms with Crippen LogP contribution in [0.25, 0.3) is 0 Å². The molecule has 0 radical (unpaired) electrons. The normalized spacial score (nSPS) is 10.6. The molecule has 0 aliphatic rings. The van der Waals surface area contributed by atoms with E-state index in [2.05, 4.69) is 0 Å². The molecule has 3 heteroatoms. The van der Waals surface area contributed by atoms with Gasteiger partial charge in [0.05, 0.1) is 6.61 Å². The van der Waals surface area contributed by atoms with Crippen molar-refractivity contribution >= 4 is 5.91 Å². The van der Waals surface area contributed by atoms with Crippen LogP contribution in [-0.4, -0.2) is 11.0 Å². The first-order valence-corrected chi connectivity index (χ1v) is 4.59. The van der Waals surface area contributed by atoms with Gasteiger partial charge in [0.1, 0.15) is 0 Å². The molecule has 14 heavy (non-hydrogen) atoms. The smallest absolute Gasteiger partial charge is 0.248 e. The number of hydrogen-bond acceptors (Lipinski definition) is 2. The Balaban J connectivity index is 3.24. The number of hydrogen-bond donors (Lipinski definition) is 2. The Morgan fingerprint density at radius 1 is 1.50 bits per heavy atom. The molecular formula is C11H15NO2. The number of carbonyl (C=O) groups excluding carboxylic acids is 1. The maximum atomic E-state index is 11.1. The summed E-state index contributed by atoms with van der Waals surface area (Å²) in [6.45, 7) is 3.93. The fourth-order valence-corrected chi connectivity index (χ4v) is 1.42. The molecule has 0 unspecified atom stereocenters. The molecule has 0 heterocycles. The number of aliphatic hydroxyl groups excluding tert-OH is 1. The molecule has 76 valence electrons. The van der Waals surface area contributed by atoms with Crippen molar-refractivity contribution in [2.24, 2.45) is 5.73 Å². The molecule has 0 saturated heterocycles. The average Bonchev–Trinajstić information content (AvgIpc) is 2.16. The lowest BCUT2D eigenvalue weighted by molar-refractivity contribution is 0.0999. The van der Waals surface area contributed by atoms with Crippen molar-refractivity contribution in [3.8, 4) is 0 Å². The molecule has 0 atom stereocenters. The lowest BCUT2D eigenvalue weighted by atomic mass is 9.95. The zero-order valence-electron chi connectivity index (χ0n) is 8.45. The van der Waals surface area contributed by atoms with E-state index in [0.717, 1.165) is 5.56 Å². The van der Waals surface area contributed by atoms with Crippen LogP contribution in [-0.2, 0) is 6.61 Å². The molecule has 1 aromatic carbocycles. The summed E-state index contributed by atoms with van der Waals surface area (Å²) in [5.74, 6) is -0.186. The predicted octanol–water partition coefficient (Wildman–Crippen LogP) is 1.40. The Labute approximate surface area is 83.6 Å². The van der Waals surface area contributed by atoms with Gasteiger partial charge in [-0.05, 0) is 23.1 Å². The quantitative estimate of drug-likeness (QED) is 0.762. The van der Waals surface area contributed by atoms with Crippen molar-refractivity contribution in [1.29, 1.82) is 0 Å². The highest BCUT2D eigenvalue weighted by Gasteiger charge is 2.11. The van der Waals surface area contributed by atoms with E-state index >= 15 is 0 Å². The second-order valence-electron chi connectivity index (χ2n) is 3.60. The summed E-state index contributed by atoms with van der Waals surface area (Å²) in [6, 6.07) is 5.30. The molecule has 0 aromatic heterocycles. The second kappa shape index (κ2) is 4.24. The minimum atomic E-state index is -0.441. The molecule has 0 aliphatic carbocycles. The van der Waals surface area contributed by atoms with Gasteiger partial charge in [-0.1, -0.05) is 26.0 Å². The van der Waals surface area contributed by atoms with Crippen LogP contribution >= 0.6 is 0 Å². The van der Waals surface area contributed by atoms with E-state index in [1.807, 2.05) is 26.0 Å². The van der Waals surface area contributed by atoms with Crippen LogP contribution in [0.3, 0.4) is 0 Å². The summed E-state index contributed by atoms with van der Waals surface area (Å²) in [5.41, 5.74) is 7.40. The molecule has 1 aromatic rings. The lowest BCUT2D eigenvalue weighted by Crippen LogP contribution is -2.14. The molecule has 0 fully saturated rings. The van der Waals surface area contributed by atoms with Gasteiger partial charge in [0.15, 0.2) is 0 Å². The molecule has 3 N–H and O–H groups in total. The van der Waals surface area contributed by atoms with Crippen molar-refractivity contribution in [2.45, 2.75) is 26.4 Å². The van der Waals surface area contributed by atoms with Crippen molar-refractivity contribution in [1.82, 2.24) is 0 Å². The van der Waals surface area contributed by atoms with Crippen molar-refractivity contribution in [3.05, 3.63) is 34.9 Å². The van der Waals surface area contributed by atoms with E-state index in [9.17, 15) is 4.79 Å². The van der Waals surface area contributed by atoms with Gasteiger partial charge >= 0.3 is 0 Å². The molecular weight excluding hydrogens is 178 g/mol. The van der Waals surface area contributed by atoms with Gasteiger partial charge in [0.25, 0.3) is 0 Å². The van der Waals surface area contributed by atoms with E-state index in [4.69, 9.17) is 10.8 Å². The Kier molecular flexibility index (Phi) is 3.25. The maximum Gasteiger partial charge on any atom is 0.248 e. The number of carbonyl (C=O) groups is 1. The fraction of sp³-hybridized carbons (Fsp3) is 0.364. The van der Waals surface area contributed by atoms with Crippen LogP contribution in [0.5, 0.6) is 0 Å². The van der Waals surface area contributed by atoms with Gasteiger partial charge in [-0.15, -0.1) is 0 Å². The van der Waals surface area contributed by atoms with Crippen LogP contribution in [0.4, 0.5) is 0 Å². The third-order valence-electron chi connectivity index (χ3n) is 2.19. The molecule has 0 aliphatic heterocycles. The number of benzene rings is 1. The largest absolute Gasteiger partial charge is 0.392 e. The summed E-state index contributed by atoms with van der Waals surface area (Å²) < 4.78 is 0. The van der Waals surface area contributed by atoms with Crippen LogP contribution < -0.4 is 5.73 Å². The van der Waals surface area contributed by atoms with Crippen molar-refractivity contribution in [3.63, 3.8) is 0 Å². The third kappa shape index (κ3) is 2.12. The minimum Gasteiger partial charge on any atom is -0.392 e. The molecule has 1 amide bonds. The third-order valence-corrected chi connectivity index (χ3v) is 2.19. The molecule has 1 rings (SSSR count). The summed E-state index contributed by atoms with van der Waals surface area (Å²) >= 11 is 0. The van der Waals surface area contributed by atoms with Gasteiger partial charge < -0.3 is 10.8 Å². The number of primary amides is 1. The van der Waals surface area contributed by atoms with Gasteiger partial charge in [-0.2, -0.15) is 0 Å². The van der Waals surface area contributed by atoms with E-state index in [1.165, 1.54) is 0 Å². The SMILES string of the molecule is CC(C)c1ccc(CO)cc1C(N)=O. The molecule has 0 spiro atoms. The van der Waals surface area contributed by atoms with Crippen molar-refractivity contribution < 1.29 is 9.90 Å². The highest BCUT2D eigenvalue weighted by atomic mass is 16.3. The van der Waals surface area contributed by atoms with E-state index in [0.29, 0.717) is 11.1 Å². The van der Waals surface area contributed by atoms with Crippen LogP contribution in [0.2, 0.25) is 0 Å². The topological polar surface area (TPSA) is 63.3 Å². The number of amides is 1. The highest BCUT2D eigenvalue weighted by molar-refractivity contribution is 5.94. The first-order chi connectivity index (χ1) is 6.56. The van der Waals surface area contributed by atoms with Crippen LogP contribution in [0, 0.1) is 0 Å². The standard InChI is InChI=1S/C11H15NO2/c1-7(2)9-4-3-8(6-13)5-10(9)11(12)14/h3-5,7,13H,6H2,1-2H3,(H2,12,14). The van der Waals surface area contributed by atoms with E-state index in [1.54, 1.807) is 6.07 Å². The Hall–Kier alpha value is -1.35. The highest BCUT2D eigenvalue weighted by Crippen LogP contribution is 2.20. The summed E-state index contributed by atoms with van der Waals surface area (Å²) in [7, 11) is 0. The monoisotopic (exact) mass is 193 g/mol. The van der Waals surface area contributed by atoms with Gasteiger partial charge in [-0.3, -0.25) is 4.79 Å². The molecule has 0 saturated carbocycles. The number of aliphatic hydroxyl groups is 1. The maximum absolute atomic E-state index is 11.1. The Morgan fingerprint density at radius 3 is 2.57 bits per heavy atom. The average molecular weight is 193 g/mol. The van der Waals surface area contributed by atoms with E-state index < -0.39 is 5.91 Å². The first-order valence-electron chi connectivity index (χ1n) is 4.59. The summed E-state index contributed by atoms with van der Waals surface area (Å²) in [5, 5.41) is 8.92. The van der Waals surface area contributed by atoms with Gasteiger partial charge in [0.2, 0.25) is 5.91 Å². The van der Waals surface area contributed by atoms with Crippen LogP contribution in [0.15, 0.2) is 18.2 Å². The van der Waals surface area contributed by atoms with Crippen molar-refractivity contribution in [2.75, 3.05) is 0 Å². The van der Waals surface area contributed by atoms with Gasteiger partial charge in [0, 0.05) is 5.56 Å². The van der Waals surface area contributed by atoms with Gasteiger partial charge in [-0.25, -0.2) is 0 Å². The zero-order chi connectivity index (χ0) is 10.7. The first kappa shape index (κ1) is 10.7. The Bertz CT molecular complexity index is 345. The molecule has 0 bridgehead atoms. The number of rotatable bonds is 3. The predicted molar refractivity (Wildman–Crippen MR) is 55.0 cm³/mol. The fourth-order valence-electron chi connectivity index (χ4n) is 1.42.